The van der Waals surface area contributed by atoms with E-state index in [0.717, 1.165) is 16.0 Å². The van der Waals surface area contributed by atoms with E-state index >= 15 is 0 Å². The molecule has 0 spiro atoms. The Labute approximate surface area is 183 Å². The molecule has 2 aromatic rings. The van der Waals surface area contributed by atoms with Gasteiger partial charge in [-0.2, -0.15) is 0 Å². The van der Waals surface area contributed by atoms with Gasteiger partial charge in [0.1, 0.15) is 5.82 Å². The van der Waals surface area contributed by atoms with E-state index in [1.165, 1.54) is 29.4 Å². The van der Waals surface area contributed by atoms with Crippen molar-refractivity contribution in [2.24, 2.45) is 5.92 Å². The van der Waals surface area contributed by atoms with Gasteiger partial charge in [0.15, 0.2) is 6.23 Å². The molecule has 1 saturated heterocycles. The number of rotatable bonds is 3. The Morgan fingerprint density at radius 2 is 1.94 bits per heavy atom. The third-order valence-corrected chi connectivity index (χ3v) is 6.17. The highest BCUT2D eigenvalue weighted by Crippen LogP contribution is 2.49. The van der Waals surface area contributed by atoms with Gasteiger partial charge < -0.3 is 9.84 Å². The zero-order valence-electron chi connectivity index (χ0n) is 17.1. The van der Waals surface area contributed by atoms with Gasteiger partial charge in [-0.15, -0.1) is 0 Å². The molecule has 0 saturated carbocycles. The zero-order valence-corrected chi connectivity index (χ0v) is 17.1. The number of amides is 3. The Hall–Kier alpha value is -3.94. The third kappa shape index (κ3) is 2.98. The van der Waals surface area contributed by atoms with Crippen molar-refractivity contribution < 1.29 is 28.6 Å². The van der Waals surface area contributed by atoms with Gasteiger partial charge in [-0.1, -0.05) is 30.3 Å². The van der Waals surface area contributed by atoms with E-state index < -0.39 is 30.1 Å². The van der Waals surface area contributed by atoms with Crippen molar-refractivity contribution >= 4 is 23.6 Å². The van der Waals surface area contributed by atoms with Crippen LogP contribution in [0.3, 0.4) is 0 Å². The topological polar surface area (TPSA) is 87.2 Å². The van der Waals surface area contributed by atoms with Gasteiger partial charge in [-0.25, -0.2) is 14.1 Å². The molecule has 8 heteroatoms. The molecule has 3 amide bonds. The lowest BCUT2D eigenvalue weighted by molar-refractivity contribution is -0.124. The van der Waals surface area contributed by atoms with Crippen molar-refractivity contribution in [2.75, 3.05) is 4.90 Å². The normalized spacial score (nSPS) is 25.2. The van der Waals surface area contributed by atoms with Crippen molar-refractivity contribution in [3.8, 4) is 0 Å². The molecular weight excluding hydrogens is 415 g/mol. The summed E-state index contributed by atoms with van der Waals surface area (Å²) in [7, 11) is 0. The number of likely N-dealkylation sites (tertiary alicyclic amines) is 1. The van der Waals surface area contributed by atoms with E-state index in [4.69, 9.17) is 4.74 Å². The van der Waals surface area contributed by atoms with Crippen molar-refractivity contribution in [2.45, 2.75) is 25.6 Å². The molecule has 2 aromatic carbocycles. The fourth-order valence-corrected chi connectivity index (χ4v) is 4.74. The van der Waals surface area contributed by atoms with Gasteiger partial charge in [0, 0.05) is 11.5 Å². The number of ether oxygens (including phenoxy) is 1. The summed E-state index contributed by atoms with van der Waals surface area (Å²) in [6, 6.07) is 12.4. The summed E-state index contributed by atoms with van der Waals surface area (Å²) in [5, 5.41) is 9.68. The number of anilines is 1. The maximum absolute atomic E-state index is 13.7. The molecular formula is C24H19FN2O5. The summed E-state index contributed by atoms with van der Waals surface area (Å²) in [6.07, 6.45) is 1.15. The molecule has 3 aliphatic rings. The predicted molar refractivity (Wildman–Crippen MR) is 112 cm³/mol. The van der Waals surface area contributed by atoms with Crippen LogP contribution < -0.4 is 4.90 Å². The van der Waals surface area contributed by atoms with E-state index in [1.807, 2.05) is 24.3 Å². The smallest absolute Gasteiger partial charge is 0.414 e. The maximum atomic E-state index is 13.7. The summed E-state index contributed by atoms with van der Waals surface area (Å²) in [5.74, 6) is -1.84. The van der Waals surface area contributed by atoms with Gasteiger partial charge in [-0.05, 0) is 48.7 Å². The number of hydrogen-bond acceptors (Lipinski definition) is 4. The minimum Gasteiger partial charge on any atom is -0.474 e. The average Bonchev–Trinajstić information content (AvgIpc) is 3.35. The molecule has 3 atom stereocenters. The van der Waals surface area contributed by atoms with Gasteiger partial charge in [0.25, 0.3) is 11.8 Å². The molecule has 1 N–H and O–H groups in total. The fourth-order valence-electron chi connectivity index (χ4n) is 4.74. The Morgan fingerprint density at radius 3 is 2.69 bits per heavy atom. The summed E-state index contributed by atoms with van der Waals surface area (Å²) < 4.78 is 19.6. The molecule has 0 bridgehead atoms. The monoisotopic (exact) mass is 434 g/mol. The van der Waals surface area contributed by atoms with Crippen LogP contribution in [-0.4, -0.2) is 34.1 Å². The molecule has 1 aliphatic carbocycles. The van der Waals surface area contributed by atoms with Crippen molar-refractivity contribution in [1.29, 1.82) is 0 Å². The van der Waals surface area contributed by atoms with Crippen LogP contribution in [0, 0.1) is 11.7 Å². The van der Waals surface area contributed by atoms with E-state index in [1.54, 1.807) is 19.1 Å². The second-order valence-corrected chi connectivity index (χ2v) is 8.02. The van der Waals surface area contributed by atoms with Crippen LogP contribution in [-0.2, 0) is 20.7 Å². The number of carbonyl (C=O) groups is 3. The molecule has 2 aliphatic heterocycles. The lowest BCUT2D eigenvalue weighted by atomic mass is 9.97. The van der Waals surface area contributed by atoms with E-state index in [0.29, 0.717) is 17.7 Å². The Morgan fingerprint density at radius 1 is 1.16 bits per heavy atom. The first kappa shape index (κ1) is 20.0. The Kier molecular flexibility index (Phi) is 4.58. The first-order valence-corrected chi connectivity index (χ1v) is 10.1. The van der Waals surface area contributed by atoms with E-state index in [2.05, 4.69) is 0 Å². The largest absolute Gasteiger partial charge is 0.474 e. The molecule has 5 rings (SSSR count). The van der Waals surface area contributed by atoms with Gasteiger partial charge in [0.05, 0.1) is 23.6 Å². The lowest BCUT2D eigenvalue weighted by Gasteiger charge is -2.24. The maximum Gasteiger partial charge on any atom is 0.414 e. The van der Waals surface area contributed by atoms with Crippen LogP contribution in [0.15, 0.2) is 72.0 Å². The van der Waals surface area contributed by atoms with Crippen LogP contribution in [0.1, 0.15) is 24.1 Å². The molecule has 3 unspecified atom stereocenters. The number of carbonyl (C=O) groups excluding carboxylic acids is 2. The van der Waals surface area contributed by atoms with E-state index in [9.17, 15) is 23.9 Å². The summed E-state index contributed by atoms with van der Waals surface area (Å²) in [4.78, 5) is 39.6. The standard InChI is InChI=1S/C24H19FN2O5/c1-13-9-20(26(22(13)28)16-7-4-6-15(25)11-16)32-12-19-18-10-14-5-2-3-8-17(14)21(18)27(23(19)29)24(30)31/h2-9,11-12,18,20-21H,10H2,1H3,(H,30,31)/b19-12+. The number of hydrogen-bond donors (Lipinski definition) is 1. The second kappa shape index (κ2) is 7.33. The number of fused-ring (bicyclic) bond motifs is 3. The fraction of sp³-hybridized carbons (Fsp3) is 0.208. The molecule has 7 nitrogen and oxygen atoms in total. The van der Waals surface area contributed by atoms with E-state index in [-0.39, 0.29) is 17.4 Å². The number of nitrogens with zero attached hydrogens (tertiary/aromatic N) is 2. The SMILES string of the molecule is CC1=CC(O/C=C2/C(=O)N(C(=O)O)C3c4ccccc4CC23)N(c2cccc(F)c2)C1=O. The number of imide groups is 1. The summed E-state index contributed by atoms with van der Waals surface area (Å²) >= 11 is 0. The lowest BCUT2D eigenvalue weighted by Crippen LogP contribution is -2.35. The molecule has 1 fully saturated rings. The molecule has 32 heavy (non-hydrogen) atoms. The Balaban J connectivity index is 1.48. The number of carboxylic acid groups (broad SMARTS) is 1. The average molecular weight is 434 g/mol. The third-order valence-electron chi connectivity index (χ3n) is 6.17. The highest BCUT2D eigenvalue weighted by molar-refractivity contribution is 6.08. The van der Waals surface area contributed by atoms with Crippen LogP contribution in [0.2, 0.25) is 0 Å². The van der Waals surface area contributed by atoms with Crippen LogP contribution in [0.25, 0.3) is 0 Å². The first-order valence-electron chi connectivity index (χ1n) is 10.1. The predicted octanol–water partition coefficient (Wildman–Crippen LogP) is 3.78. The van der Waals surface area contributed by atoms with Gasteiger partial charge >= 0.3 is 6.09 Å². The van der Waals surface area contributed by atoms with Crippen LogP contribution in [0.4, 0.5) is 14.9 Å². The highest BCUT2D eigenvalue weighted by Gasteiger charge is 2.52. The number of halogens is 1. The minimum atomic E-state index is -1.32. The van der Waals surface area contributed by atoms with Crippen LogP contribution >= 0.6 is 0 Å². The summed E-state index contributed by atoms with van der Waals surface area (Å²) in [5.41, 5.74) is 2.78. The molecule has 2 heterocycles. The minimum absolute atomic E-state index is 0.234. The van der Waals surface area contributed by atoms with Gasteiger partial charge in [0.2, 0.25) is 0 Å². The number of benzene rings is 2. The zero-order chi connectivity index (χ0) is 22.6. The van der Waals surface area contributed by atoms with Gasteiger partial charge in [-0.3, -0.25) is 14.5 Å². The molecule has 0 radical (unpaired) electrons. The first-order chi connectivity index (χ1) is 15.4. The van der Waals surface area contributed by atoms with Crippen molar-refractivity contribution in [1.82, 2.24) is 4.90 Å². The quantitative estimate of drug-likeness (QED) is 0.587. The van der Waals surface area contributed by atoms with Crippen molar-refractivity contribution in [3.05, 3.63) is 89.0 Å². The second-order valence-electron chi connectivity index (χ2n) is 8.02. The molecule has 162 valence electrons. The van der Waals surface area contributed by atoms with Crippen LogP contribution in [0.5, 0.6) is 0 Å². The molecule has 0 aromatic heterocycles. The van der Waals surface area contributed by atoms with Crippen molar-refractivity contribution in [3.63, 3.8) is 0 Å². The summed E-state index contributed by atoms with van der Waals surface area (Å²) in [6.45, 7) is 1.63. The Bertz CT molecular complexity index is 1220. The highest BCUT2D eigenvalue weighted by atomic mass is 19.1.